The van der Waals surface area contributed by atoms with Gasteiger partial charge in [-0.2, -0.15) is 0 Å². The number of ether oxygens (including phenoxy) is 4. The van der Waals surface area contributed by atoms with Crippen molar-refractivity contribution in [3.05, 3.63) is 29.8 Å². The van der Waals surface area contributed by atoms with Crippen molar-refractivity contribution >= 4 is 12.0 Å². The predicted octanol–water partition coefficient (Wildman–Crippen LogP) is 3.04. The van der Waals surface area contributed by atoms with Gasteiger partial charge in [0.15, 0.2) is 6.29 Å². The summed E-state index contributed by atoms with van der Waals surface area (Å²) in [6, 6.07) is 5.94. The van der Waals surface area contributed by atoms with Crippen LogP contribution < -0.4 is 4.74 Å². The third-order valence-corrected chi connectivity index (χ3v) is 6.31. The molecule has 0 aromatic heterocycles. The van der Waals surface area contributed by atoms with E-state index in [2.05, 4.69) is 0 Å². The Balaban J connectivity index is 1.68. The van der Waals surface area contributed by atoms with E-state index in [0.29, 0.717) is 44.0 Å². The first kappa shape index (κ1) is 28.2. The van der Waals surface area contributed by atoms with Crippen LogP contribution in [-0.4, -0.2) is 96.1 Å². The van der Waals surface area contributed by atoms with Crippen molar-refractivity contribution in [2.24, 2.45) is 0 Å². The van der Waals surface area contributed by atoms with E-state index < -0.39 is 17.7 Å². The molecular weight excluding hydrogens is 468 g/mol. The summed E-state index contributed by atoms with van der Waals surface area (Å²) in [4.78, 5) is 28.8. The Morgan fingerprint density at radius 1 is 1.11 bits per heavy atom. The maximum Gasteiger partial charge on any atom is 0.408 e. The van der Waals surface area contributed by atoms with Crippen molar-refractivity contribution in [2.45, 2.75) is 70.4 Å². The van der Waals surface area contributed by atoms with Gasteiger partial charge in [0, 0.05) is 25.2 Å². The SMILES string of the molecule is CC(C)(C)N(C(=O)O)[C@H](C(=O)N1CCC(OCCO)C1)c1ccc(OCCOC2CCCCO2)cc1. The topological polar surface area (TPSA) is 118 Å². The van der Waals surface area contributed by atoms with Crippen LogP contribution in [0.2, 0.25) is 0 Å². The Hall–Kier alpha value is -2.40. The minimum atomic E-state index is -1.17. The molecular formula is C26H40N2O8. The summed E-state index contributed by atoms with van der Waals surface area (Å²) in [5.74, 6) is 0.311. The van der Waals surface area contributed by atoms with Crippen LogP contribution in [0.15, 0.2) is 24.3 Å². The van der Waals surface area contributed by atoms with Crippen LogP contribution in [0.1, 0.15) is 58.1 Å². The fourth-order valence-corrected chi connectivity index (χ4v) is 4.57. The molecule has 10 nitrogen and oxygen atoms in total. The average molecular weight is 509 g/mol. The van der Waals surface area contributed by atoms with Gasteiger partial charge in [-0.05, 0) is 64.2 Å². The van der Waals surface area contributed by atoms with Gasteiger partial charge in [0.25, 0.3) is 0 Å². The molecule has 0 saturated carbocycles. The van der Waals surface area contributed by atoms with Gasteiger partial charge >= 0.3 is 6.09 Å². The first-order chi connectivity index (χ1) is 17.2. The lowest BCUT2D eigenvalue weighted by molar-refractivity contribution is -0.165. The standard InChI is InChI=1S/C26H40N2O8/c1-26(2,3)28(25(31)32)23(24(30)27-12-11-21(18-27)33-15-13-29)19-7-9-20(10-8-19)34-16-17-36-22-6-4-5-14-35-22/h7-10,21-23,29H,4-6,11-18H2,1-3H3,(H,31,32)/t21?,22?,23-/m0/s1. The van der Waals surface area contributed by atoms with Gasteiger partial charge in [-0.15, -0.1) is 0 Å². The van der Waals surface area contributed by atoms with Crippen LogP contribution in [0.3, 0.4) is 0 Å². The molecule has 0 aliphatic carbocycles. The van der Waals surface area contributed by atoms with Gasteiger partial charge in [-0.3, -0.25) is 9.69 Å². The largest absolute Gasteiger partial charge is 0.491 e. The van der Waals surface area contributed by atoms with Crippen LogP contribution >= 0.6 is 0 Å². The number of benzene rings is 1. The van der Waals surface area contributed by atoms with E-state index in [1.54, 1.807) is 49.9 Å². The fraction of sp³-hybridized carbons (Fsp3) is 0.692. The second kappa shape index (κ2) is 13.2. The maximum absolute atomic E-state index is 13.7. The van der Waals surface area contributed by atoms with Gasteiger partial charge in [-0.1, -0.05) is 12.1 Å². The molecule has 2 heterocycles. The molecule has 2 fully saturated rings. The number of aliphatic hydroxyl groups excluding tert-OH is 1. The molecule has 0 spiro atoms. The number of likely N-dealkylation sites (tertiary alicyclic amines) is 1. The monoisotopic (exact) mass is 508 g/mol. The molecule has 2 aliphatic rings. The van der Waals surface area contributed by atoms with Crippen LogP contribution in [0.4, 0.5) is 4.79 Å². The van der Waals surface area contributed by atoms with E-state index >= 15 is 0 Å². The van der Waals surface area contributed by atoms with Crippen LogP contribution in [0.5, 0.6) is 5.75 Å². The molecule has 0 bridgehead atoms. The maximum atomic E-state index is 13.7. The van der Waals surface area contributed by atoms with E-state index in [1.165, 1.54) is 4.90 Å². The zero-order valence-corrected chi connectivity index (χ0v) is 21.6. The Morgan fingerprint density at radius 3 is 2.47 bits per heavy atom. The van der Waals surface area contributed by atoms with E-state index in [-0.39, 0.29) is 31.5 Å². The Morgan fingerprint density at radius 2 is 1.86 bits per heavy atom. The lowest BCUT2D eigenvalue weighted by Crippen LogP contribution is -2.52. The van der Waals surface area contributed by atoms with Crippen molar-refractivity contribution in [2.75, 3.05) is 46.1 Å². The van der Waals surface area contributed by atoms with Crippen molar-refractivity contribution in [1.29, 1.82) is 0 Å². The number of hydrogen-bond donors (Lipinski definition) is 2. The summed E-state index contributed by atoms with van der Waals surface area (Å²) < 4.78 is 22.6. The summed E-state index contributed by atoms with van der Waals surface area (Å²) >= 11 is 0. The molecule has 2 aliphatic heterocycles. The minimum Gasteiger partial charge on any atom is -0.491 e. The lowest BCUT2D eigenvalue weighted by atomic mass is 9.97. The fourth-order valence-electron chi connectivity index (χ4n) is 4.57. The second-order valence-electron chi connectivity index (χ2n) is 10.1. The average Bonchev–Trinajstić information content (AvgIpc) is 3.32. The molecule has 10 heteroatoms. The van der Waals surface area contributed by atoms with E-state index in [1.807, 2.05) is 0 Å². The van der Waals surface area contributed by atoms with Crippen LogP contribution in [-0.2, 0) is 19.0 Å². The van der Waals surface area contributed by atoms with E-state index in [0.717, 1.165) is 25.9 Å². The van der Waals surface area contributed by atoms with Gasteiger partial charge in [0.2, 0.25) is 5.91 Å². The first-order valence-corrected chi connectivity index (χ1v) is 12.7. The highest BCUT2D eigenvalue weighted by Gasteiger charge is 2.42. The summed E-state index contributed by atoms with van der Waals surface area (Å²) in [6.45, 7) is 7.74. The van der Waals surface area contributed by atoms with Crippen molar-refractivity contribution in [3.63, 3.8) is 0 Å². The Labute approximate surface area is 213 Å². The van der Waals surface area contributed by atoms with Crippen LogP contribution in [0, 0.1) is 0 Å². The number of amides is 2. The number of carboxylic acid groups (broad SMARTS) is 1. The zero-order valence-electron chi connectivity index (χ0n) is 21.6. The minimum absolute atomic E-state index is 0.0845. The second-order valence-corrected chi connectivity index (χ2v) is 10.1. The normalized spacial score (nSPS) is 21.3. The van der Waals surface area contributed by atoms with Gasteiger partial charge < -0.3 is 34.1 Å². The highest BCUT2D eigenvalue weighted by atomic mass is 16.7. The summed E-state index contributed by atoms with van der Waals surface area (Å²) in [5, 5.41) is 19.1. The number of carbonyl (C=O) groups excluding carboxylic acids is 1. The van der Waals surface area contributed by atoms with Crippen molar-refractivity contribution in [3.8, 4) is 5.75 Å². The molecule has 36 heavy (non-hydrogen) atoms. The molecule has 2 N–H and O–H groups in total. The molecule has 3 rings (SSSR count). The van der Waals surface area contributed by atoms with E-state index in [9.17, 15) is 14.7 Å². The third kappa shape index (κ3) is 7.80. The highest BCUT2D eigenvalue weighted by molar-refractivity contribution is 5.87. The molecule has 202 valence electrons. The summed E-state index contributed by atoms with van der Waals surface area (Å²) in [7, 11) is 0. The molecule has 1 aromatic rings. The molecule has 2 amide bonds. The quantitative estimate of drug-likeness (QED) is 0.438. The molecule has 1 aromatic carbocycles. The van der Waals surface area contributed by atoms with Gasteiger partial charge in [0.1, 0.15) is 18.4 Å². The lowest BCUT2D eigenvalue weighted by Gasteiger charge is -2.40. The smallest absolute Gasteiger partial charge is 0.408 e. The van der Waals surface area contributed by atoms with Gasteiger partial charge in [0.05, 0.1) is 25.9 Å². The highest BCUT2D eigenvalue weighted by Crippen LogP contribution is 2.32. The molecule has 2 saturated heterocycles. The summed E-state index contributed by atoms with van der Waals surface area (Å²) in [6.07, 6.45) is 2.18. The molecule has 0 radical (unpaired) electrons. The number of nitrogens with zero attached hydrogens (tertiary/aromatic N) is 2. The summed E-state index contributed by atoms with van der Waals surface area (Å²) in [5.41, 5.74) is -0.247. The number of hydrogen-bond acceptors (Lipinski definition) is 7. The van der Waals surface area contributed by atoms with Gasteiger partial charge in [-0.25, -0.2) is 4.79 Å². The Kier molecular flexibility index (Phi) is 10.4. The van der Waals surface area contributed by atoms with Crippen LogP contribution in [0.25, 0.3) is 0 Å². The molecule has 2 unspecified atom stereocenters. The number of aliphatic hydroxyl groups is 1. The van der Waals surface area contributed by atoms with Crippen molar-refractivity contribution in [1.82, 2.24) is 9.80 Å². The Bertz CT molecular complexity index is 835. The predicted molar refractivity (Wildman–Crippen MR) is 132 cm³/mol. The molecule has 3 atom stereocenters. The van der Waals surface area contributed by atoms with E-state index in [4.69, 9.17) is 24.1 Å². The third-order valence-electron chi connectivity index (χ3n) is 6.31. The first-order valence-electron chi connectivity index (χ1n) is 12.7. The van der Waals surface area contributed by atoms with Crippen molar-refractivity contribution < 1.29 is 38.7 Å². The number of rotatable bonds is 11. The zero-order chi connectivity index (χ0) is 26.1. The number of carbonyl (C=O) groups is 2.